The van der Waals surface area contributed by atoms with E-state index < -0.39 is 0 Å². The highest BCUT2D eigenvalue weighted by Gasteiger charge is 2.17. The molecule has 1 aliphatic heterocycles. The van der Waals surface area contributed by atoms with Crippen LogP contribution < -0.4 is 5.32 Å². The first-order valence-corrected chi connectivity index (χ1v) is 5.18. The topological polar surface area (TPSA) is 17.3 Å². The van der Waals surface area contributed by atoms with Gasteiger partial charge in [0.15, 0.2) is 0 Å². The van der Waals surface area contributed by atoms with E-state index in [9.17, 15) is 0 Å². The standard InChI is InChI=1S/C10H21N2/c1-3-4-9-12(2)10-5-7-11-8-6-10/h10H,3-9H2,1-2H3. The van der Waals surface area contributed by atoms with E-state index in [0.717, 1.165) is 19.1 Å². The maximum Gasteiger partial charge on any atom is 0.0148 e. The molecule has 1 fully saturated rings. The summed E-state index contributed by atoms with van der Waals surface area (Å²) in [5.74, 6) is 0. The van der Waals surface area contributed by atoms with Gasteiger partial charge in [0.2, 0.25) is 0 Å². The number of rotatable bonds is 4. The van der Waals surface area contributed by atoms with Crippen molar-refractivity contribution in [2.24, 2.45) is 0 Å². The second-order valence-corrected chi connectivity index (χ2v) is 3.74. The minimum atomic E-state index is 0.814. The smallest absolute Gasteiger partial charge is 0.0148 e. The van der Waals surface area contributed by atoms with Gasteiger partial charge in [0.1, 0.15) is 0 Å². The van der Waals surface area contributed by atoms with Gasteiger partial charge in [0.05, 0.1) is 0 Å². The molecule has 0 unspecified atom stereocenters. The molecule has 2 nitrogen and oxygen atoms in total. The highest BCUT2D eigenvalue weighted by molar-refractivity contribution is 4.75. The van der Waals surface area contributed by atoms with Crippen LogP contribution in [0.15, 0.2) is 0 Å². The fourth-order valence-corrected chi connectivity index (χ4v) is 1.77. The molecule has 0 aliphatic carbocycles. The van der Waals surface area contributed by atoms with Gasteiger partial charge in [-0.1, -0.05) is 13.3 Å². The summed E-state index contributed by atoms with van der Waals surface area (Å²) in [6.07, 6.45) is 5.20. The number of nitrogens with zero attached hydrogens (tertiary/aromatic N) is 2. The highest BCUT2D eigenvalue weighted by atomic mass is 15.1. The van der Waals surface area contributed by atoms with Crippen LogP contribution in [0, 0.1) is 0 Å². The molecule has 1 radical (unpaired) electrons. The van der Waals surface area contributed by atoms with Crippen LogP contribution in [0.25, 0.3) is 0 Å². The summed E-state index contributed by atoms with van der Waals surface area (Å²) in [5.41, 5.74) is 0. The quantitative estimate of drug-likeness (QED) is 0.623. The third kappa shape index (κ3) is 3.11. The van der Waals surface area contributed by atoms with E-state index in [4.69, 9.17) is 0 Å². The zero-order valence-corrected chi connectivity index (χ0v) is 8.42. The molecule has 0 amide bonds. The van der Waals surface area contributed by atoms with Crippen molar-refractivity contribution in [3.8, 4) is 0 Å². The van der Waals surface area contributed by atoms with Crippen molar-refractivity contribution in [2.45, 2.75) is 38.6 Å². The molecular weight excluding hydrogens is 148 g/mol. The second-order valence-electron chi connectivity index (χ2n) is 3.74. The summed E-state index contributed by atoms with van der Waals surface area (Å²) in [6, 6.07) is 0.814. The lowest BCUT2D eigenvalue weighted by Crippen LogP contribution is -2.39. The predicted octanol–water partition coefficient (Wildman–Crippen LogP) is 1.49. The average Bonchev–Trinajstić information content (AvgIpc) is 2.15. The van der Waals surface area contributed by atoms with E-state index in [-0.39, 0.29) is 0 Å². The molecule has 1 heterocycles. The van der Waals surface area contributed by atoms with E-state index in [1.165, 1.54) is 32.2 Å². The largest absolute Gasteiger partial charge is 0.303 e. The molecule has 0 N–H and O–H groups in total. The maximum absolute atomic E-state index is 4.36. The van der Waals surface area contributed by atoms with Gasteiger partial charge >= 0.3 is 0 Å². The molecule has 0 atom stereocenters. The Labute approximate surface area is 76.3 Å². The number of hydrogen-bond donors (Lipinski definition) is 0. The van der Waals surface area contributed by atoms with Gasteiger partial charge < -0.3 is 4.90 Å². The maximum atomic E-state index is 4.36. The van der Waals surface area contributed by atoms with Gasteiger partial charge in [-0.3, -0.25) is 0 Å². The van der Waals surface area contributed by atoms with Crippen LogP contribution in [-0.4, -0.2) is 37.6 Å². The molecule has 1 rings (SSSR count). The Morgan fingerprint density at radius 1 is 1.33 bits per heavy atom. The number of hydrogen-bond acceptors (Lipinski definition) is 1. The lowest BCUT2D eigenvalue weighted by molar-refractivity contribution is 0.195. The van der Waals surface area contributed by atoms with Crippen LogP contribution in [0.2, 0.25) is 0 Å². The summed E-state index contributed by atoms with van der Waals surface area (Å²) < 4.78 is 0. The lowest BCUT2D eigenvalue weighted by Gasteiger charge is -2.30. The molecule has 1 saturated heterocycles. The Bertz CT molecular complexity index is 108. The van der Waals surface area contributed by atoms with Crippen molar-refractivity contribution < 1.29 is 0 Å². The Morgan fingerprint density at radius 2 is 2.00 bits per heavy atom. The number of unbranched alkanes of at least 4 members (excludes halogenated alkanes) is 1. The molecule has 0 aromatic carbocycles. The van der Waals surface area contributed by atoms with E-state index in [2.05, 4.69) is 24.2 Å². The third-order valence-corrected chi connectivity index (χ3v) is 2.73. The summed E-state index contributed by atoms with van der Waals surface area (Å²) in [6.45, 7) is 5.69. The minimum Gasteiger partial charge on any atom is -0.303 e. The van der Waals surface area contributed by atoms with Crippen molar-refractivity contribution in [1.29, 1.82) is 0 Å². The summed E-state index contributed by atoms with van der Waals surface area (Å²) in [5, 5.41) is 4.36. The second kappa shape index (κ2) is 5.55. The minimum absolute atomic E-state index is 0.814. The lowest BCUT2D eigenvalue weighted by atomic mass is 10.1. The Hall–Kier alpha value is -0.0800. The first kappa shape index (κ1) is 10.0. The Balaban J connectivity index is 2.15. The zero-order chi connectivity index (χ0) is 8.81. The molecule has 12 heavy (non-hydrogen) atoms. The van der Waals surface area contributed by atoms with Gasteiger partial charge in [-0.25, -0.2) is 5.32 Å². The van der Waals surface area contributed by atoms with Crippen LogP contribution in [-0.2, 0) is 0 Å². The van der Waals surface area contributed by atoms with Gasteiger partial charge in [-0.15, -0.1) is 0 Å². The molecular formula is C10H21N2. The van der Waals surface area contributed by atoms with Gasteiger partial charge in [-0.2, -0.15) is 0 Å². The van der Waals surface area contributed by atoms with Crippen molar-refractivity contribution in [1.82, 2.24) is 10.2 Å². The summed E-state index contributed by atoms with van der Waals surface area (Å²) in [4.78, 5) is 2.51. The number of piperidine rings is 1. The predicted molar refractivity (Wildman–Crippen MR) is 52.4 cm³/mol. The summed E-state index contributed by atoms with van der Waals surface area (Å²) >= 11 is 0. The Morgan fingerprint density at radius 3 is 2.58 bits per heavy atom. The van der Waals surface area contributed by atoms with E-state index in [0.29, 0.717) is 0 Å². The Kier molecular flexibility index (Phi) is 4.62. The van der Waals surface area contributed by atoms with Crippen molar-refractivity contribution in [3.05, 3.63) is 0 Å². The first-order valence-electron chi connectivity index (χ1n) is 5.18. The fraction of sp³-hybridized carbons (Fsp3) is 1.00. The normalized spacial score (nSPS) is 20.2. The van der Waals surface area contributed by atoms with Crippen molar-refractivity contribution in [3.63, 3.8) is 0 Å². The van der Waals surface area contributed by atoms with E-state index >= 15 is 0 Å². The van der Waals surface area contributed by atoms with Crippen LogP contribution >= 0.6 is 0 Å². The molecule has 71 valence electrons. The van der Waals surface area contributed by atoms with Gasteiger partial charge in [0, 0.05) is 19.1 Å². The van der Waals surface area contributed by atoms with Crippen LogP contribution in [0.1, 0.15) is 32.6 Å². The van der Waals surface area contributed by atoms with Crippen LogP contribution in [0.5, 0.6) is 0 Å². The van der Waals surface area contributed by atoms with Crippen molar-refractivity contribution in [2.75, 3.05) is 26.7 Å². The fourth-order valence-electron chi connectivity index (χ4n) is 1.77. The molecule has 2 heteroatoms. The highest BCUT2D eigenvalue weighted by Crippen LogP contribution is 2.10. The molecule has 1 aliphatic rings. The zero-order valence-electron chi connectivity index (χ0n) is 8.42. The first-order chi connectivity index (χ1) is 5.84. The van der Waals surface area contributed by atoms with Gasteiger partial charge in [0.25, 0.3) is 0 Å². The van der Waals surface area contributed by atoms with Crippen LogP contribution in [0.3, 0.4) is 0 Å². The summed E-state index contributed by atoms with van der Waals surface area (Å²) in [7, 11) is 2.26. The van der Waals surface area contributed by atoms with Gasteiger partial charge in [-0.05, 0) is 32.9 Å². The van der Waals surface area contributed by atoms with Crippen molar-refractivity contribution >= 4 is 0 Å². The van der Waals surface area contributed by atoms with E-state index in [1.54, 1.807) is 0 Å². The molecule has 0 aromatic rings. The van der Waals surface area contributed by atoms with E-state index in [1.807, 2.05) is 0 Å². The monoisotopic (exact) mass is 169 g/mol. The van der Waals surface area contributed by atoms with Crippen LogP contribution in [0.4, 0.5) is 0 Å². The SMILES string of the molecule is CCCCN(C)C1CC[N]CC1. The molecule has 0 saturated carbocycles. The average molecular weight is 169 g/mol. The molecule has 0 aromatic heterocycles. The third-order valence-electron chi connectivity index (χ3n) is 2.73. The molecule has 0 bridgehead atoms. The molecule has 0 spiro atoms.